The van der Waals surface area contributed by atoms with Crippen molar-refractivity contribution in [1.82, 2.24) is 4.90 Å². The molecule has 298 valence electrons. The number of ether oxygens (including phenoxy) is 2. The van der Waals surface area contributed by atoms with Crippen LogP contribution in [0, 0.1) is 0 Å². The van der Waals surface area contributed by atoms with E-state index in [9.17, 15) is 9.59 Å². The Kier molecular flexibility index (Phi) is 39.7. The lowest BCUT2D eigenvalue weighted by Crippen LogP contribution is -2.31. The lowest BCUT2D eigenvalue weighted by molar-refractivity contribution is -0.150. The summed E-state index contributed by atoms with van der Waals surface area (Å²) in [5.41, 5.74) is 5.91. The predicted octanol–water partition coefficient (Wildman–Crippen LogP) is 12.6. The molecule has 0 radical (unpaired) electrons. The van der Waals surface area contributed by atoms with Crippen molar-refractivity contribution in [1.29, 1.82) is 0 Å². The van der Waals surface area contributed by atoms with Crippen LogP contribution >= 0.6 is 0 Å². The smallest absolute Gasteiger partial charge is 0.306 e. The fourth-order valence-electron chi connectivity index (χ4n) is 6.92. The minimum absolute atomic E-state index is 0.0173. The second kappa shape index (κ2) is 40.6. The molecule has 0 aromatic rings. The van der Waals surface area contributed by atoms with Gasteiger partial charge in [0, 0.05) is 25.9 Å². The maximum atomic E-state index is 12.7. The van der Waals surface area contributed by atoms with Crippen molar-refractivity contribution >= 4 is 11.9 Å². The molecule has 0 atom stereocenters. The highest BCUT2D eigenvalue weighted by molar-refractivity contribution is 5.69. The quantitative estimate of drug-likeness (QED) is 0.0503. The average molecular weight is 709 g/mol. The third kappa shape index (κ3) is 36.6. The fraction of sp³-hybridized carbons (Fsp3) is 0.955. The molecule has 0 aliphatic carbocycles. The molecule has 6 heteroatoms. The average Bonchev–Trinajstić information content (AvgIpc) is 3.11. The van der Waals surface area contributed by atoms with Gasteiger partial charge in [0.25, 0.3) is 0 Å². The molecule has 0 amide bonds. The molecule has 0 rings (SSSR count). The second-order valence-corrected chi connectivity index (χ2v) is 15.2. The number of esters is 2. The van der Waals surface area contributed by atoms with Crippen LogP contribution in [0.25, 0.3) is 0 Å². The number of hydrogen-bond acceptors (Lipinski definition) is 6. The van der Waals surface area contributed by atoms with Crippen LogP contribution in [0.3, 0.4) is 0 Å². The molecule has 0 fully saturated rings. The number of nitrogens with two attached hydrogens (primary N) is 1. The van der Waals surface area contributed by atoms with Crippen molar-refractivity contribution in [3.05, 3.63) is 0 Å². The second-order valence-electron chi connectivity index (χ2n) is 15.2. The first-order valence-corrected chi connectivity index (χ1v) is 22.3. The first-order valence-electron chi connectivity index (χ1n) is 22.3. The zero-order valence-corrected chi connectivity index (χ0v) is 34.1. The van der Waals surface area contributed by atoms with Gasteiger partial charge in [-0.2, -0.15) is 0 Å². The highest BCUT2D eigenvalue weighted by Gasteiger charge is 2.14. The molecule has 0 aliphatic heterocycles. The van der Waals surface area contributed by atoms with Crippen molar-refractivity contribution < 1.29 is 19.1 Å². The number of carbonyl (C=O) groups excluding carboxylic acids is 2. The SMILES string of the molecule is CCCCCCCCCOC(=O)CCCCCCCN(CCN)CCCCCCCC(=O)OC(CCCCCCCC)CCCCCCCC. The summed E-state index contributed by atoms with van der Waals surface area (Å²) in [6.45, 7) is 11.3. The van der Waals surface area contributed by atoms with E-state index in [-0.39, 0.29) is 18.0 Å². The summed E-state index contributed by atoms with van der Waals surface area (Å²) in [6.07, 6.45) is 38.8. The summed E-state index contributed by atoms with van der Waals surface area (Å²) in [7, 11) is 0. The summed E-state index contributed by atoms with van der Waals surface area (Å²) in [6, 6.07) is 0. The monoisotopic (exact) mass is 709 g/mol. The molecule has 0 spiro atoms. The lowest BCUT2D eigenvalue weighted by atomic mass is 10.0. The third-order valence-electron chi connectivity index (χ3n) is 10.2. The van der Waals surface area contributed by atoms with Gasteiger partial charge in [0.2, 0.25) is 0 Å². The van der Waals surface area contributed by atoms with E-state index >= 15 is 0 Å². The Morgan fingerprint density at radius 3 is 1.30 bits per heavy atom. The van der Waals surface area contributed by atoms with Crippen LogP contribution in [-0.2, 0) is 19.1 Å². The van der Waals surface area contributed by atoms with Crippen molar-refractivity contribution in [2.24, 2.45) is 5.73 Å². The Labute approximate surface area is 312 Å². The molecule has 0 saturated carbocycles. The molecule has 0 unspecified atom stereocenters. The van der Waals surface area contributed by atoms with Crippen molar-refractivity contribution in [2.45, 2.75) is 239 Å². The predicted molar refractivity (Wildman–Crippen MR) is 216 cm³/mol. The van der Waals surface area contributed by atoms with Crippen LogP contribution in [0.5, 0.6) is 0 Å². The van der Waals surface area contributed by atoms with Crippen LogP contribution < -0.4 is 5.73 Å². The van der Waals surface area contributed by atoms with Gasteiger partial charge in [-0.3, -0.25) is 9.59 Å². The van der Waals surface area contributed by atoms with Gasteiger partial charge >= 0.3 is 11.9 Å². The standard InChI is InChI=1S/C44H88N2O4/c1-4-7-10-13-16-25-32-41-49-43(47)35-28-21-17-23-30-38-46(40-37-45)39-31-24-18-22-29-36-44(48)50-42(33-26-19-14-11-8-5-2)34-27-20-15-12-9-6-3/h42H,4-41,45H2,1-3H3. The number of unbranched alkanes of at least 4 members (excludes halogenated alkanes) is 24. The van der Waals surface area contributed by atoms with Gasteiger partial charge in [0.1, 0.15) is 6.10 Å². The lowest BCUT2D eigenvalue weighted by Gasteiger charge is -2.21. The van der Waals surface area contributed by atoms with E-state index in [2.05, 4.69) is 25.7 Å². The Morgan fingerprint density at radius 1 is 0.460 bits per heavy atom. The number of nitrogens with zero attached hydrogens (tertiary/aromatic N) is 1. The fourth-order valence-corrected chi connectivity index (χ4v) is 6.92. The zero-order chi connectivity index (χ0) is 36.6. The molecule has 0 saturated heterocycles. The molecule has 0 bridgehead atoms. The van der Waals surface area contributed by atoms with E-state index < -0.39 is 0 Å². The van der Waals surface area contributed by atoms with E-state index in [4.69, 9.17) is 15.2 Å². The van der Waals surface area contributed by atoms with Crippen molar-refractivity contribution in [2.75, 3.05) is 32.8 Å². The highest BCUT2D eigenvalue weighted by atomic mass is 16.5. The summed E-state index contributed by atoms with van der Waals surface area (Å²) in [5.74, 6) is 0.0103. The van der Waals surface area contributed by atoms with Gasteiger partial charge < -0.3 is 20.1 Å². The topological polar surface area (TPSA) is 81.9 Å². The molecular weight excluding hydrogens is 620 g/mol. The molecule has 2 N–H and O–H groups in total. The minimum Gasteiger partial charge on any atom is -0.466 e. The van der Waals surface area contributed by atoms with Crippen LogP contribution in [0.1, 0.15) is 233 Å². The van der Waals surface area contributed by atoms with Gasteiger partial charge in [0.15, 0.2) is 0 Å². The highest BCUT2D eigenvalue weighted by Crippen LogP contribution is 2.18. The maximum absolute atomic E-state index is 12.7. The van der Waals surface area contributed by atoms with Crippen molar-refractivity contribution in [3.63, 3.8) is 0 Å². The minimum atomic E-state index is -0.0173. The molecule has 0 aromatic heterocycles. The molecule has 50 heavy (non-hydrogen) atoms. The summed E-state index contributed by atoms with van der Waals surface area (Å²) < 4.78 is 11.4. The van der Waals surface area contributed by atoms with Crippen molar-refractivity contribution in [3.8, 4) is 0 Å². The van der Waals surface area contributed by atoms with E-state index in [0.29, 0.717) is 26.0 Å². The Bertz CT molecular complexity index is 688. The summed E-state index contributed by atoms with van der Waals surface area (Å²) >= 11 is 0. The van der Waals surface area contributed by atoms with E-state index in [1.165, 1.54) is 154 Å². The molecule has 0 heterocycles. The normalized spacial score (nSPS) is 11.6. The van der Waals surface area contributed by atoms with Crippen LogP contribution in [0.2, 0.25) is 0 Å². The Balaban J connectivity index is 3.94. The molecule has 0 aromatic carbocycles. The van der Waals surface area contributed by atoms with Gasteiger partial charge in [-0.25, -0.2) is 0 Å². The molecule has 6 nitrogen and oxygen atoms in total. The largest absolute Gasteiger partial charge is 0.466 e. The van der Waals surface area contributed by atoms with Gasteiger partial charge in [-0.05, 0) is 70.9 Å². The summed E-state index contributed by atoms with van der Waals surface area (Å²) in [4.78, 5) is 27.2. The summed E-state index contributed by atoms with van der Waals surface area (Å²) in [5, 5.41) is 0. The van der Waals surface area contributed by atoms with Gasteiger partial charge in [-0.15, -0.1) is 0 Å². The first kappa shape index (κ1) is 48.9. The van der Waals surface area contributed by atoms with Gasteiger partial charge in [-0.1, -0.05) is 162 Å². The Hall–Kier alpha value is -1.14. The van der Waals surface area contributed by atoms with Crippen LogP contribution in [0.4, 0.5) is 0 Å². The molecule has 0 aliphatic rings. The van der Waals surface area contributed by atoms with Crippen LogP contribution in [-0.4, -0.2) is 55.7 Å². The maximum Gasteiger partial charge on any atom is 0.306 e. The zero-order valence-electron chi connectivity index (χ0n) is 34.1. The van der Waals surface area contributed by atoms with E-state index in [1.54, 1.807) is 0 Å². The van der Waals surface area contributed by atoms with Crippen LogP contribution in [0.15, 0.2) is 0 Å². The Morgan fingerprint density at radius 2 is 0.840 bits per heavy atom. The number of rotatable bonds is 41. The third-order valence-corrected chi connectivity index (χ3v) is 10.2. The van der Waals surface area contributed by atoms with E-state index in [0.717, 1.165) is 64.6 Å². The first-order chi connectivity index (χ1) is 24.6. The molecular formula is C44H88N2O4. The number of carbonyl (C=O) groups is 2. The number of hydrogen-bond donors (Lipinski definition) is 1. The van der Waals surface area contributed by atoms with E-state index in [1.807, 2.05) is 0 Å². The van der Waals surface area contributed by atoms with Gasteiger partial charge in [0.05, 0.1) is 6.61 Å².